The molecule has 2 aromatic rings. The first kappa shape index (κ1) is 18.7. The van der Waals surface area contributed by atoms with Crippen molar-refractivity contribution in [1.29, 1.82) is 0 Å². The molecule has 0 spiro atoms. The van der Waals surface area contributed by atoms with Gasteiger partial charge in [0.2, 0.25) is 0 Å². The van der Waals surface area contributed by atoms with Gasteiger partial charge in [0.15, 0.2) is 0 Å². The zero-order chi connectivity index (χ0) is 21.0. The Kier molecular flexibility index (Phi) is 4.32. The molecule has 8 nitrogen and oxygen atoms in total. The number of carbonyl (C=O) groups is 2. The van der Waals surface area contributed by atoms with E-state index in [0.29, 0.717) is 22.1 Å². The number of halogens is 1. The van der Waals surface area contributed by atoms with Crippen molar-refractivity contribution in [2.24, 2.45) is 28.8 Å². The van der Waals surface area contributed by atoms with Gasteiger partial charge < -0.3 is 4.42 Å². The van der Waals surface area contributed by atoms with E-state index in [2.05, 4.69) is 17.3 Å². The lowest BCUT2D eigenvalue weighted by molar-refractivity contribution is -0.384. The third-order valence-electron chi connectivity index (χ3n) is 6.09. The molecular formula is C21H16ClN3O5. The minimum absolute atomic E-state index is 0.0999. The maximum Gasteiger partial charge on any atom is 0.270 e. The fraction of sp³-hybridized carbons (Fsp3) is 0.286. The van der Waals surface area contributed by atoms with Crippen LogP contribution in [0.15, 0.2) is 52.0 Å². The smallest absolute Gasteiger partial charge is 0.270 e. The number of rotatable bonds is 4. The molecule has 6 rings (SSSR count). The Balaban J connectivity index is 1.39. The van der Waals surface area contributed by atoms with Crippen LogP contribution in [0.25, 0.3) is 11.3 Å². The number of hydrazone groups is 1. The number of nitro groups is 1. The van der Waals surface area contributed by atoms with Gasteiger partial charge >= 0.3 is 0 Å². The Morgan fingerprint density at radius 1 is 1.10 bits per heavy atom. The quantitative estimate of drug-likeness (QED) is 0.241. The minimum Gasteiger partial charge on any atom is -0.455 e. The molecule has 152 valence electrons. The van der Waals surface area contributed by atoms with E-state index < -0.39 is 4.92 Å². The molecule has 2 heterocycles. The molecule has 1 aliphatic heterocycles. The van der Waals surface area contributed by atoms with Crippen LogP contribution in [0.3, 0.4) is 0 Å². The predicted octanol–water partition coefficient (Wildman–Crippen LogP) is 4.04. The predicted molar refractivity (Wildman–Crippen MR) is 108 cm³/mol. The molecule has 3 aliphatic carbocycles. The number of imide groups is 1. The number of benzene rings is 1. The van der Waals surface area contributed by atoms with Crippen molar-refractivity contribution < 1.29 is 18.9 Å². The summed E-state index contributed by atoms with van der Waals surface area (Å²) >= 11 is 6.15. The molecule has 4 atom stereocenters. The maximum atomic E-state index is 12.8. The lowest BCUT2D eigenvalue weighted by Crippen LogP contribution is -2.38. The van der Waals surface area contributed by atoms with E-state index in [0.717, 1.165) is 17.9 Å². The van der Waals surface area contributed by atoms with Gasteiger partial charge in [-0.1, -0.05) is 23.8 Å². The van der Waals surface area contributed by atoms with Crippen LogP contribution >= 0.6 is 11.6 Å². The number of amides is 2. The third kappa shape index (κ3) is 2.87. The SMILES string of the molecule is O=C1[C@@H]2[C@@H](C(=O)N1/N=C\c1ccc(-c3cc([N+](=O)[O-])ccc3Cl)o1)[C@H]1C=C[C@@H]2CC1. The number of nitro benzene ring substituents is 1. The standard InChI is InChI=1S/C21H16ClN3O5/c22-16-7-5-13(25(28)29)9-15(16)17-8-6-14(30-17)10-23-24-20(26)18-11-1-2-12(4-3-11)19(18)21(24)27/h1-2,5-12,18-19H,3-4H2/b23-10-/t11-,12+,18-,19-/m0/s1. The van der Waals surface area contributed by atoms with Gasteiger partial charge in [-0.3, -0.25) is 19.7 Å². The number of hydrogen-bond acceptors (Lipinski definition) is 6. The van der Waals surface area contributed by atoms with Crippen LogP contribution in [0.2, 0.25) is 5.02 Å². The van der Waals surface area contributed by atoms with Gasteiger partial charge in [-0.15, -0.1) is 0 Å². The summed E-state index contributed by atoms with van der Waals surface area (Å²) in [6.07, 6.45) is 7.25. The van der Waals surface area contributed by atoms with Crippen molar-refractivity contribution in [3.8, 4) is 11.3 Å². The Labute approximate surface area is 175 Å². The lowest BCUT2D eigenvalue weighted by atomic mass is 9.63. The van der Waals surface area contributed by atoms with Crippen LogP contribution in [-0.2, 0) is 9.59 Å². The van der Waals surface area contributed by atoms with E-state index in [9.17, 15) is 19.7 Å². The minimum atomic E-state index is -0.517. The molecule has 1 saturated heterocycles. The Morgan fingerprint density at radius 3 is 2.37 bits per heavy atom. The summed E-state index contributed by atoms with van der Waals surface area (Å²) in [6, 6.07) is 7.25. The van der Waals surface area contributed by atoms with Gasteiger partial charge in [0.1, 0.15) is 11.5 Å². The molecule has 0 radical (unpaired) electrons. The third-order valence-corrected chi connectivity index (χ3v) is 6.42. The van der Waals surface area contributed by atoms with Crippen LogP contribution in [0.4, 0.5) is 5.69 Å². The molecule has 9 heteroatoms. The largest absolute Gasteiger partial charge is 0.455 e. The van der Waals surface area contributed by atoms with Crippen molar-refractivity contribution in [3.63, 3.8) is 0 Å². The summed E-state index contributed by atoms with van der Waals surface area (Å²) in [4.78, 5) is 36.0. The summed E-state index contributed by atoms with van der Waals surface area (Å²) in [5.41, 5.74) is 0.257. The van der Waals surface area contributed by atoms with Gasteiger partial charge in [-0.05, 0) is 42.9 Å². The number of carbonyl (C=O) groups excluding carboxylic acids is 2. The number of hydrogen-bond donors (Lipinski definition) is 0. The van der Waals surface area contributed by atoms with Crippen molar-refractivity contribution in [2.45, 2.75) is 12.8 Å². The average molecular weight is 426 g/mol. The number of furan rings is 1. The first-order chi connectivity index (χ1) is 14.4. The number of nitrogens with zero attached hydrogens (tertiary/aromatic N) is 3. The summed E-state index contributed by atoms with van der Waals surface area (Å²) in [5.74, 6) is -0.374. The topological polar surface area (TPSA) is 106 Å². The number of fused-ring (bicyclic) bond motifs is 1. The average Bonchev–Trinajstić information content (AvgIpc) is 3.32. The normalized spacial score (nSPS) is 27.3. The number of non-ortho nitro benzene ring substituents is 1. The highest BCUT2D eigenvalue weighted by Gasteiger charge is 2.56. The second kappa shape index (κ2) is 6.91. The first-order valence-corrected chi connectivity index (χ1v) is 9.96. The van der Waals surface area contributed by atoms with E-state index in [1.54, 1.807) is 12.1 Å². The number of allylic oxidation sites excluding steroid dienone is 2. The molecule has 0 N–H and O–H groups in total. The van der Waals surface area contributed by atoms with E-state index in [1.165, 1.54) is 24.4 Å². The molecule has 2 fully saturated rings. The van der Waals surface area contributed by atoms with Gasteiger partial charge in [-0.2, -0.15) is 10.1 Å². The van der Waals surface area contributed by atoms with Crippen LogP contribution in [-0.4, -0.2) is 28.0 Å². The Morgan fingerprint density at radius 2 is 1.77 bits per heavy atom. The maximum absolute atomic E-state index is 12.8. The fourth-order valence-corrected chi connectivity index (χ4v) is 4.88. The fourth-order valence-electron chi connectivity index (χ4n) is 4.67. The van der Waals surface area contributed by atoms with Gasteiger partial charge in [0.05, 0.1) is 28.0 Å². The Bertz CT molecular complexity index is 1110. The van der Waals surface area contributed by atoms with Gasteiger partial charge in [0, 0.05) is 17.7 Å². The molecule has 1 saturated carbocycles. The van der Waals surface area contributed by atoms with Crippen LogP contribution in [0.1, 0.15) is 18.6 Å². The van der Waals surface area contributed by atoms with Crippen molar-refractivity contribution in [1.82, 2.24) is 5.01 Å². The summed E-state index contributed by atoms with van der Waals surface area (Å²) in [5, 5.41) is 16.4. The first-order valence-electron chi connectivity index (χ1n) is 9.58. The van der Waals surface area contributed by atoms with E-state index in [-0.39, 0.29) is 41.2 Å². The van der Waals surface area contributed by atoms with Gasteiger partial charge in [-0.25, -0.2) is 0 Å². The highest BCUT2D eigenvalue weighted by Crippen LogP contribution is 2.49. The molecule has 4 aliphatic rings. The lowest BCUT2D eigenvalue weighted by Gasteiger charge is -2.37. The molecule has 1 aromatic heterocycles. The molecular weight excluding hydrogens is 410 g/mol. The monoisotopic (exact) mass is 425 g/mol. The molecule has 2 amide bonds. The summed E-state index contributed by atoms with van der Waals surface area (Å²) in [6.45, 7) is 0. The van der Waals surface area contributed by atoms with Gasteiger partial charge in [0.25, 0.3) is 17.5 Å². The van der Waals surface area contributed by atoms with Crippen LogP contribution in [0.5, 0.6) is 0 Å². The van der Waals surface area contributed by atoms with Crippen molar-refractivity contribution in [3.05, 3.63) is 63.4 Å². The van der Waals surface area contributed by atoms with Crippen LogP contribution in [0, 0.1) is 33.8 Å². The van der Waals surface area contributed by atoms with Crippen molar-refractivity contribution in [2.75, 3.05) is 0 Å². The van der Waals surface area contributed by atoms with Crippen molar-refractivity contribution >= 4 is 35.3 Å². The highest BCUT2D eigenvalue weighted by molar-refractivity contribution is 6.33. The van der Waals surface area contributed by atoms with E-state index in [4.69, 9.17) is 16.0 Å². The van der Waals surface area contributed by atoms with E-state index >= 15 is 0 Å². The molecule has 0 unspecified atom stereocenters. The van der Waals surface area contributed by atoms with E-state index in [1.807, 2.05) is 0 Å². The second-order valence-electron chi connectivity index (χ2n) is 7.70. The Hall–Kier alpha value is -3.26. The van der Waals surface area contributed by atoms with Crippen LogP contribution < -0.4 is 0 Å². The molecule has 2 bridgehead atoms. The molecule has 1 aromatic carbocycles. The second-order valence-corrected chi connectivity index (χ2v) is 8.10. The summed E-state index contributed by atoms with van der Waals surface area (Å²) in [7, 11) is 0. The highest BCUT2D eigenvalue weighted by atomic mass is 35.5. The molecule has 30 heavy (non-hydrogen) atoms. The zero-order valence-electron chi connectivity index (χ0n) is 15.6. The zero-order valence-corrected chi connectivity index (χ0v) is 16.4. The summed E-state index contributed by atoms with van der Waals surface area (Å²) < 4.78 is 5.67.